The Bertz CT molecular complexity index is 1880. The zero-order valence-electron chi connectivity index (χ0n) is 20.6. The van der Waals surface area contributed by atoms with Crippen LogP contribution in [0.1, 0.15) is 40.7 Å². The highest BCUT2D eigenvalue weighted by molar-refractivity contribution is 7.90. The number of carbonyl (C=O) groups is 1. The highest BCUT2D eigenvalue weighted by Gasteiger charge is 2.22. The molecule has 0 aliphatic carbocycles. The SMILES string of the molecule is O=C(NCc1ccn2ccnc2c1)c1ccc(S(=O)(=O)Cc2ccn(C(F)F)n2)c(C#Cc2ccc(F)cc2)c1.[HH]. The summed E-state index contributed by atoms with van der Waals surface area (Å²) in [5.74, 6) is 3.97. The number of amides is 1. The number of rotatable bonds is 7. The van der Waals surface area contributed by atoms with Crippen LogP contribution in [0.4, 0.5) is 13.2 Å². The molecule has 0 saturated carbocycles. The van der Waals surface area contributed by atoms with Crippen LogP contribution >= 0.6 is 0 Å². The van der Waals surface area contributed by atoms with Gasteiger partial charge in [-0.1, -0.05) is 11.8 Å². The summed E-state index contributed by atoms with van der Waals surface area (Å²) in [5, 5.41) is 6.40. The molecule has 8 nitrogen and oxygen atoms in total. The molecule has 0 fully saturated rings. The van der Waals surface area contributed by atoms with E-state index < -0.39 is 33.9 Å². The number of imidazole rings is 1. The molecule has 1 amide bonds. The van der Waals surface area contributed by atoms with Crippen molar-refractivity contribution < 1.29 is 27.8 Å². The average Bonchev–Trinajstić information content (AvgIpc) is 3.60. The van der Waals surface area contributed by atoms with Crippen molar-refractivity contribution >= 4 is 21.4 Å². The van der Waals surface area contributed by atoms with Gasteiger partial charge in [0, 0.05) is 49.4 Å². The monoisotopic (exact) mass is 565 g/mol. The van der Waals surface area contributed by atoms with Gasteiger partial charge in [0.1, 0.15) is 11.5 Å². The van der Waals surface area contributed by atoms with Gasteiger partial charge in [-0.2, -0.15) is 13.9 Å². The van der Waals surface area contributed by atoms with Crippen LogP contribution in [0.3, 0.4) is 0 Å². The van der Waals surface area contributed by atoms with E-state index in [0.717, 1.165) is 17.4 Å². The van der Waals surface area contributed by atoms with Crippen molar-refractivity contribution in [2.45, 2.75) is 23.7 Å². The van der Waals surface area contributed by atoms with Crippen molar-refractivity contribution in [1.82, 2.24) is 24.5 Å². The molecule has 0 unspecified atom stereocenters. The normalized spacial score (nSPS) is 11.4. The van der Waals surface area contributed by atoms with E-state index in [4.69, 9.17) is 0 Å². The smallest absolute Gasteiger partial charge is 0.333 e. The number of nitrogens with one attached hydrogen (secondary N) is 1. The highest BCUT2D eigenvalue weighted by atomic mass is 32.2. The van der Waals surface area contributed by atoms with Crippen LogP contribution < -0.4 is 5.32 Å². The highest BCUT2D eigenvalue weighted by Crippen LogP contribution is 2.22. The zero-order chi connectivity index (χ0) is 28.3. The molecule has 3 heterocycles. The number of carbonyl (C=O) groups excluding carboxylic acids is 1. The fraction of sp³-hybridized carbons (Fsp3) is 0.107. The zero-order valence-corrected chi connectivity index (χ0v) is 21.4. The first-order chi connectivity index (χ1) is 19.2. The summed E-state index contributed by atoms with van der Waals surface area (Å²) in [6.07, 6.45) is 6.26. The minimum Gasteiger partial charge on any atom is -0.348 e. The predicted molar refractivity (Wildman–Crippen MR) is 142 cm³/mol. The van der Waals surface area contributed by atoms with Crippen molar-refractivity contribution in [2.24, 2.45) is 0 Å². The Morgan fingerprint density at radius 3 is 2.55 bits per heavy atom. The van der Waals surface area contributed by atoms with Gasteiger partial charge in [0.15, 0.2) is 9.84 Å². The van der Waals surface area contributed by atoms with E-state index in [9.17, 15) is 26.4 Å². The minimum absolute atomic E-state index is 0. The maximum atomic E-state index is 13.3. The second-order valence-electron chi connectivity index (χ2n) is 8.70. The molecule has 0 bridgehead atoms. The van der Waals surface area contributed by atoms with E-state index >= 15 is 0 Å². The van der Waals surface area contributed by atoms with Crippen molar-refractivity contribution in [3.05, 3.63) is 119 Å². The Hall–Kier alpha value is -4.89. The third-order valence-electron chi connectivity index (χ3n) is 5.88. The molecule has 0 radical (unpaired) electrons. The van der Waals surface area contributed by atoms with Crippen LogP contribution in [0.2, 0.25) is 0 Å². The van der Waals surface area contributed by atoms with E-state index in [-0.39, 0.29) is 29.7 Å². The molecule has 0 spiro atoms. The summed E-state index contributed by atoms with van der Waals surface area (Å²) in [6, 6.07) is 14.1. The molecule has 5 aromatic rings. The third kappa shape index (κ3) is 6.05. The maximum Gasteiger partial charge on any atom is 0.333 e. The van der Waals surface area contributed by atoms with Crippen molar-refractivity contribution in [2.75, 3.05) is 0 Å². The molecule has 0 saturated heterocycles. The molecule has 12 heteroatoms. The van der Waals surface area contributed by atoms with Gasteiger partial charge in [-0.05, 0) is 66.2 Å². The van der Waals surface area contributed by atoms with Crippen LogP contribution in [0.15, 0.2) is 90.3 Å². The van der Waals surface area contributed by atoms with E-state index in [1.165, 1.54) is 48.5 Å². The van der Waals surface area contributed by atoms with E-state index in [1.54, 1.807) is 12.4 Å². The lowest BCUT2D eigenvalue weighted by Crippen LogP contribution is -2.23. The Morgan fingerprint density at radius 2 is 1.80 bits per heavy atom. The van der Waals surface area contributed by atoms with Crippen LogP contribution in [-0.2, 0) is 22.1 Å². The van der Waals surface area contributed by atoms with Crippen molar-refractivity contribution in [1.29, 1.82) is 0 Å². The number of nitrogens with zero attached hydrogens (tertiary/aromatic N) is 4. The average molecular weight is 566 g/mol. The second kappa shape index (κ2) is 11.1. The molecule has 1 N–H and O–H groups in total. The summed E-state index contributed by atoms with van der Waals surface area (Å²) >= 11 is 0. The van der Waals surface area contributed by atoms with Crippen LogP contribution in [-0.4, -0.2) is 33.5 Å². The van der Waals surface area contributed by atoms with Gasteiger partial charge in [0.05, 0.1) is 16.3 Å². The summed E-state index contributed by atoms with van der Waals surface area (Å²) in [4.78, 5) is 17.0. The molecular formula is C28H22F3N5O3S. The summed E-state index contributed by atoms with van der Waals surface area (Å²) in [7, 11) is -4.10. The van der Waals surface area contributed by atoms with Crippen LogP contribution in [0, 0.1) is 17.7 Å². The first kappa shape index (κ1) is 26.7. The number of benzene rings is 2. The van der Waals surface area contributed by atoms with Gasteiger partial charge >= 0.3 is 6.55 Å². The standard InChI is InChI=1S/C28H20F3N5O3S.H2/c29-23-6-2-19(3-7-23)1-4-21-16-22(27(37)33-17-20-9-12-35-14-11-32-26(35)15-20)5-8-25(21)40(38,39)18-24-10-13-36(34-24)28(30)31;/h2-3,5-16,28H,17-18H2,(H,33,37);1H. The topological polar surface area (TPSA) is 98.4 Å². The number of halogens is 3. The quantitative estimate of drug-likeness (QED) is 0.291. The summed E-state index contributed by atoms with van der Waals surface area (Å²) in [5.41, 5.74) is 2.05. The molecule has 2 aromatic carbocycles. The number of alkyl halides is 2. The fourth-order valence-corrected chi connectivity index (χ4v) is 5.31. The molecule has 0 aliphatic heterocycles. The molecule has 3 aromatic heterocycles. The molecule has 40 heavy (non-hydrogen) atoms. The lowest BCUT2D eigenvalue weighted by Gasteiger charge is -2.10. The van der Waals surface area contributed by atoms with Gasteiger partial charge in [-0.3, -0.25) is 4.79 Å². The molecular weight excluding hydrogens is 543 g/mol. The van der Waals surface area contributed by atoms with Crippen molar-refractivity contribution in [3.8, 4) is 11.8 Å². The molecule has 0 atom stereocenters. The Morgan fingerprint density at radius 1 is 1.00 bits per heavy atom. The first-order valence-corrected chi connectivity index (χ1v) is 13.5. The van der Waals surface area contributed by atoms with Crippen LogP contribution in [0.5, 0.6) is 0 Å². The Balaban J connectivity index is 0.00000387. The number of sulfone groups is 1. The van der Waals surface area contributed by atoms with E-state index in [0.29, 0.717) is 10.2 Å². The summed E-state index contributed by atoms with van der Waals surface area (Å²) in [6.45, 7) is -2.71. The Labute approximate surface area is 228 Å². The fourth-order valence-electron chi connectivity index (χ4n) is 3.90. The minimum atomic E-state index is -4.10. The predicted octanol–water partition coefficient (Wildman–Crippen LogP) is 4.61. The second-order valence-corrected chi connectivity index (χ2v) is 10.7. The maximum absolute atomic E-state index is 13.3. The molecule has 204 valence electrons. The van der Waals surface area contributed by atoms with Gasteiger partial charge in [-0.25, -0.2) is 22.5 Å². The first-order valence-electron chi connectivity index (χ1n) is 11.8. The van der Waals surface area contributed by atoms with Gasteiger partial charge in [-0.15, -0.1) is 0 Å². The summed E-state index contributed by atoms with van der Waals surface area (Å²) < 4.78 is 67.8. The Kier molecular flexibility index (Phi) is 7.39. The third-order valence-corrected chi connectivity index (χ3v) is 7.58. The number of hydrogen-bond donors (Lipinski definition) is 1. The number of hydrogen-bond acceptors (Lipinski definition) is 5. The van der Waals surface area contributed by atoms with Gasteiger partial charge in [0.25, 0.3) is 5.91 Å². The molecule has 5 rings (SSSR count). The number of aromatic nitrogens is 4. The van der Waals surface area contributed by atoms with Crippen molar-refractivity contribution in [3.63, 3.8) is 0 Å². The lowest BCUT2D eigenvalue weighted by molar-refractivity contribution is 0.0562. The van der Waals surface area contributed by atoms with E-state index in [2.05, 4.69) is 27.2 Å². The largest absolute Gasteiger partial charge is 0.348 e. The van der Waals surface area contributed by atoms with Gasteiger partial charge in [0.2, 0.25) is 0 Å². The van der Waals surface area contributed by atoms with E-state index in [1.807, 2.05) is 22.7 Å². The van der Waals surface area contributed by atoms with Gasteiger partial charge < -0.3 is 9.72 Å². The number of fused-ring (bicyclic) bond motifs is 1. The lowest BCUT2D eigenvalue weighted by atomic mass is 10.1. The molecule has 0 aliphatic rings. The number of pyridine rings is 1. The van der Waals surface area contributed by atoms with Crippen LogP contribution in [0.25, 0.3) is 5.65 Å².